The maximum absolute atomic E-state index is 12.6. The topological polar surface area (TPSA) is 86.6 Å². The van der Waals surface area contributed by atoms with E-state index in [1.807, 2.05) is 6.07 Å². The standard InChI is InChI=1S/C25H18Cl3N3O2S/c26-19-10-17(34(32,33)13-14-5-6-14)8-7-15(19)9-22-30-21-11-20(27)23(24(28)25(21)31-22)18-4-2-1-3-16(18)12-29/h1-4,7-8,10-11,14H,5-6,9,13H2,(H,30,31). The number of nitrogens with zero attached hydrogens (tertiary/aromatic N) is 2. The number of benzene rings is 3. The van der Waals surface area contributed by atoms with Gasteiger partial charge in [0.15, 0.2) is 9.84 Å². The van der Waals surface area contributed by atoms with Crippen LogP contribution in [0.15, 0.2) is 53.4 Å². The highest BCUT2D eigenvalue weighted by molar-refractivity contribution is 7.91. The van der Waals surface area contributed by atoms with Gasteiger partial charge in [-0.1, -0.05) is 59.1 Å². The summed E-state index contributed by atoms with van der Waals surface area (Å²) in [6.45, 7) is 0. The molecule has 0 saturated heterocycles. The maximum Gasteiger partial charge on any atom is 0.178 e. The van der Waals surface area contributed by atoms with E-state index < -0.39 is 9.84 Å². The van der Waals surface area contributed by atoms with Crippen LogP contribution < -0.4 is 0 Å². The summed E-state index contributed by atoms with van der Waals surface area (Å²) in [6.07, 6.45) is 2.29. The van der Waals surface area contributed by atoms with Crippen LogP contribution >= 0.6 is 34.8 Å². The van der Waals surface area contributed by atoms with Crippen LogP contribution in [-0.4, -0.2) is 24.1 Å². The molecular weight excluding hydrogens is 513 g/mol. The quantitative estimate of drug-likeness (QED) is 0.296. The predicted molar refractivity (Wildman–Crippen MR) is 135 cm³/mol. The van der Waals surface area contributed by atoms with Crippen molar-refractivity contribution in [1.29, 1.82) is 5.26 Å². The molecule has 1 fully saturated rings. The van der Waals surface area contributed by atoms with E-state index in [0.717, 1.165) is 18.4 Å². The molecule has 1 aromatic heterocycles. The van der Waals surface area contributed by atoms with Gasteiger partial charge in [0, 0.05) is 22.6 Å². The lowest BCUT2D eigenvalue weighted by atomic mass is 10.00. The van der Waals surface area contributed by atoms with E-state index in [4.69, 9.17) is 34.8 Å². The van der Waals surface area contributed by atoms with E-state index in [-0.39, 0.29) is 16.6 Å². The zero-order valence-electron chi connectivity index (χ0n) is 17.8. The lowest BCUT2D eigenvalue weighted by molar-refractivity contribution is 0.592. The normalized spacial score (nSPS) is 13.8. The minimum Gasteiger partial charge on any atom is -0.342 e. The number of aromatic amines is 1. The first kappa shape index (κ1) is 23.2. The van der Waals surface area contributed by atoms with Crippen molar-refractivity contribution in [3.05, 3.63) is 80.6 Å². The lowest BCUT2D eigenvalue weighted by Crippen LogP contribution is -2.08. The summed E-state index contributed by atoms with van der Waals surface area (Å²) >= 11 is 19.7. The van der Waals surface area contributed by atoms with Gasteiger partial charge < -0.3 is 4.98 Å². The summed E-state index contributed by atoms with van der Waals surface area (Å²) in [6, 6.07) is 15.8. The van der Waals surface area contributed by atoms with Gasteiger partial charge in [0.25, 0.3) is 0 Å². The average Bonchev–Trinajstić information content (AvgIpc) is 3.51. The van der Waals surface area contributed by atoms with Crippen LogP contribution in [0.25, 0.3) is 22.2 Å². The monoisotopic (exact) mass is 529 g/mol. The zero-order chi connectivity index (χ0) is 24.0. The minimum absolute atomic E-state index is 0.169. The molecule has 4 aromatic rings. The molecule has 172 valence electrons. The number of hydrogen-bond donors (Lipinski definition) is 1. The molecule has 3 aromatic carbocycles. The molecule has 5 rings (SSSR count). The van der Waals surface area contributed by atoms with Crippen molar-refractivity contribution < 1.29 is 8.42 Å². The number of fused-ring (bicyclic) bond motifs is 1. The minimum atomic E-state index is -3.34. The van der Waals surface area contributed by atoms with Gasteiger partial charge in [-0.2, -0.15) is 5.26 Å². The first-order valence-corrected chi connectivity index (χ1v) is 13.4. The van der Waals surface area contributed by atoms with E-state index in [1.165, 1.54) is 6.07 Å². The molecule has 1 aliphatic rings. The van der Waals surface area contributed by atoms with E-state index in [2.05, 4.69) is 16.0 Å². The Hall–Kier alpha value is -2.56. The highest BCUT2D eigenvalue weighted by Gasteiger charge is 2.29. The first-order valence-electron chi connectivity index (χ1n) is 10.6. The Balaban J connectivity index is 1.49. The van der Waals surface area contributed by atoms with E-state index >= 15 is 0 Å². The average molecular weight is 531 g/mol. The number of hydrogen-bond acceptors (Lipinski definition) is 4. The molecule has 0 unspecified atom stereocenters. The van der Waals surface area contributed by atoms with Crippen LogP contribution in [0.3, 0.4) is 0 Å². The molecule has 1 aliphatic carbocycles. The van der Waals surface area contributed by atoms with Gasteiger partial charge in [-0.15, -0.1) is 0 Å². The summed E-state index contributed by atoms with van der Waals surface area (Å²) < 4.78 is 25.1. The summed E-state index contributed by atoms with van der Waals surface area (Å²) in [4.78, 5) is 8.11. The van der Waals surface area contributed by atoms with Crippen LogP contribution in [-0.2, 0) is 16.3 Å². The van der Waals surface area contributed by atoms with Gasteiger partial charge >= 0.3 is 0 Å². The number of sulfone groups is 1. The Morgan fingerprint density at radius 2 is 1.82 bits per heavy atom. The Morgan fingerprint density at radius 3 is 2.53 bits per heavy atom. The highest BCUT2D eigenvalue weighted by atomic mass is 35.5. The van der Waals surface area contributed by atoms with Gasteiger partial charge in [0.1, 0.15) is 11.3 Å². The second-order valence-corrected chi connectivity index (χ2v) is 11.7. The van der Waals surface area contributed by atoms with E-state index in [9.17, 15) is 13.7 Å². The molecule has 0 aliphatic heterocycles. The summed E-state index contributed by atoms with van der Waals surface area (Å²) in [7, 11) is -3.34. The van der Waals surface area contributed by atoms with Crippen molar-refractivity contribution in [3.63, 3.8) is 0 Å². The molecule has 0 spiro atoms. The molecule has 0 amide bonds. The number of aromatic nitrogens is 2. The Bertz CT molecular complexity index is 1590. The fourth-order valence-corrected chi connectivity index (χ4v) is 6.73. The number of halogens is 3. The first-order chi connectivity index (χ1) is 16.3. The van der Waals surface area contributed by atoms with Crippen molar-refractivity contribution in [3.8, 4) is 17.2 Å². The van der Waals surface area contributed by atoms with Gasteiger partial charge in [-0.25, -0.2) is 13.4 Å². The van der Waals surface area contributed by atoms with E-state index in [1.54, 1.807) is 36.4 Å². The number of rotatable bonds is 6. The fraction of sp³-hybridized carbons (Fsp3) is 0.200. The maximum atomic E-state index is 12.6. The molecule has 0 bridgehead atoms. The third kappa shape index (κ3) is 4.42. The molecule has 5 nitrogen and oxygen atoms in total. The molecule has 34 heavy (non-hydrogen) atoms. The second kappa shape index (κ2) is 8.90. The summed E-state index contributed by atoms with van der Waals surface area (Å²) in [5, 5.41) is 10.6. The van der Waals surface area contributed by atoms with Crippen LogP contribution in [0.4, 0.5) is 0 Å². The largest absolute Gasteiger partial charge is 0.342 e. The SMILES string of the molecule is N#Cc1ccccc1-c1c(Cl)cc2[nH]c(Cc3ccc(S(=O)(=O)CC4CC4)cc3Cl)nc2c1Cl. The summed E-state index contributed by atoms with van der Waals surface area (Å²) in [5.41, 5.74) is 3.58. The highest BCUT2D eigenvalue weighted by Crippen LogP contribution is 2.41. The number of H-pyrrole nitrogens is 1. The van der Waals surface area contributed by atoms with E-state index in [0.29, 0.717) is 55.0 Å². The van der Waals surface area contributed by atoms with Crippen LogP contribution in [0.2, 0.25) is 15.1 Å². The Kier molecular flexibility index (Phi) is 6.07. The van der Waals surface area contributed by atoms with Crippen molar-refractivity contribution in [2.45, 2.75) is 24.2 Å². The van der Waals surface area contributed by atoms with Gasteiger partial charge in [-0.05, 0) is 48.6 Å². The molecule has 1 N–H and O–H groups in total. The fourth-order valence-electron chi connectivity index (χ4n) is 4.00. The Morgan fingerprint density at radius 1 is 1.06 bits per heavy atom. The molecule has 0 atom stereocenters. The Labute approximate surface area is 212 Å². The van der Waals surface area contributed by atoms with Crippen molar-refractivity contribution in [1.82, 2.24) is 9.97 Å². The van der Waals surface area contributed by atoms with Gasteiger partial charge in [0.2, 0.25) is 0 Å². The van der Waals surface area contributed by atoms with Crippen molar-refractivity contribution in [2.24, 2.45) is 5.92 Å². The molecule has 1 saturated carbocycles. The summed E-state index contributed by atoms with van der Waals surface area (Å²) in [5.74, 6) is 1.04. The molecule has 1 heterocycles. The van der Waals surface area contributed by atoms with Crippen LogP contribution in [0.5, 0.6) is 0 Å². The third-order valence-electron chi connectivity index (χ3n) is 5.93. The van der Waals surface area contributed by atoms with Crippen molar-refractivity contribution >= 4 is 55.7 Å². The smallest absolute Gasteiger partial charge is 0.178 e. The molecule has 0 radical (unpaired) electrons. The van der Waals surface area contributed by atoms with Gasteiger partial charge in [0.05, 0.1) is 37.8 Å². The van der Waals surface area contributed by atoms with Gasteiger partial charge in [-0.3, -0.25) is 0 Å². The van der Waals surface area contributed by atoms with Crippen LogP contribution in [0.1, 0.15) is 29.8 Å². The number of nitriles is 1. The second-order valence-electron chi connectivity index (χ2n) is 8.44. The lowest BCUT2D eigenvalue weighted by Gasteiger charge is -2.09. The predicted octanol–water partition coefficient (Wildman–Crippen LogP) is 6.84. The third-order valence-corrected chi connectivity index (χ3v) is 8.83. The number of imidazole rings is 1. The molecule has 9 heteroatoms. The van der Waals surface area contributed by atoms with Crippen LogP contribution in [0, 0.1) is 17.2 Å². The zero-order valence-corrected chi connectivity index (χ0v) is 20.9. The number of nitrogens with one attached hydrogen (secondary N) is 1. The molecular formula is C25H18Cl3N3O2S. The van der Waals surface area contributed by atoms with Crippen molar-refractivity contribution in [2.75, 3.05) is 5.75 Å².